The summed E-state index contributed by atoms with van der Waals surface area (Å²) >= 11 is 1.89. The number of aryl methyl sites for hydroxylation is 1. The molecule has 0 aromatic carbocycles. The molecular formula is C13H23NOS. The second-order valence-electron chi connectivity index (χ2n) is 4.20. The first-order chi connectivity index (χ1) is 7.69. The fourth-order valence-corrected chi connectivity index (χ4v) is 2.88. The maximum atomic E-state index is 5.30. The minimum Gasteiger partial charge on any atom is -0.468 e. The number of nitrogens with one attached hydrogen (secondary N) is 1. The molecule has 92 valence electrons. The minimum atomic E-state index is 0.592. The highest BCUT2D eigenvalue weighted by Crippen LogP contribution is 2.25. The highest BCUT2D eigenvalue weighted by molar-refractivity contribution is 7.99. The molecule has 0 saturated carbocycles. The van der Waals surface area contributed by atoms with Crippen LogP contribution in [0, 0.1) is 12.8 Å². The number of thioether (sulfide) groups is 1. The molecule has 1 N–H and O–H groups in total. The van der Waals surface area contributed by atoms with Gasteiger partial charge in [-0.25, -0.2) is 0 Å². The summed E-state index contributed by atoms with van der Waals surface area (Å²) in [7, 11) is 0. The zero-order valence-electron chi connectivity index (χ0n) is 10.7. The largest absolute Gasteiger partial charge is 0.468 e. The van der Waals surface area contributed by atoms with Crippen LogP contribution in [-0.2, 0) is 0 Å². The topological polar surface area (TPSA) is 25.2 Å². The van der Waals surface area contributed by atoms with Crippen LogP contribution in [0.4, 0.5) is 0 Å². The number of hydrogen-bond acceptors (Lipinski definition) is 3. The molecule has 1 aromatic heterocycles. The lowest BCUT2D eigenvalue weighted by atomic mass is 10.0. The monoisotopic (exact) mass is 241 g/mol. The number of hydrogen-bond donors (Lipinski definition) is 1. The molecule has 0 saturated heterocycles. The Bertz CT molecular complexity index is 298. The van der Waals surface area contributed by atoms with E-state index in [0.717, 1.165) is 24.0 Å². The zero-order valence-corrected chi connectivity index (χ0v) is 11.6. The second-order valence-corrected chi connectivity index (χ2v) is 5.26. The molecule has 0 bridgehead atoms. The molecule has 1 heterocycles. The van der Waals surface area contributed by atoms with E-state index in [2.05, 4.69) is 32.2 Å². The maximum Gasteiger partial charge on any atom is 0.114 e. The van der Waals surface area contributed by atoms with Crippen LogP contribution in [0.15, 0.2) is 21.6 Å². The number of rotatable bonds is 7. The van der Waals surface area contributed by atoms with E-state index in [0.29, 0.717) is 6.04 Å². The molecule has 0 aliphatic heterocycles. The predicted octanol–water partition coefficient (Wildman–Crippen LogP) is 3.70. The van der Waals surface area contributed by atoms with Gasteiger partial charge >= 0.3 is 0 Å². The Hall–Kier alpha value is -0.410. The van der Waals surface area contributed by atoms with Crippen LogP contribution in [0.1, 0.15) is 33.0 Å². The van der Waals surface area contributed by atoms with Crippen molar-refractivity contribution in [3.8, 4) is 0 Å². The van der Waals surface area contributed by atoms with Gasteiger partial charge < -0.3 is 9.73 Å². The zero-order chi connectivity index (χ0) is 12.0. The van der Waals surface area contributed by atoms with E-state index in [1.807, 2.05) is 18.7 Å². The van der Waals surface area contributed by atoms with Crippen LogP contribution in [0.25, 0.3) is 0 Å². The summed E-state index contributed by atoms with van der Waals surface area (Å²) in [5.74, 6) is 2.87. The van der Waals surface area contributed by atoms with E-state index in [1.165, 1.54) is 11.3 Å². The van der Waals surface area contributed by atoms with Gasteiger partial charge in [-0.15, -0.1) is 11.8 Å². The molecule has 0 spiro atoms. The Labute approximate surface area is 103 Å². The first-order valence-electron chi connectivity index (χ1n) is 6.09. The Morgan fingerprint density at radius 2 is 2.19 bits per heavy atom. The van der Waals surface area contributed by atoms with E-state index in [9.17, 15) is 0 Å². The molecule has 16 heavy (non-hydrogen) atoms. The fourth-order valence-electron chi connectivity index (χ4n) is 1.67. The second kappa shape index (κ2) is 7.02. The van der Waals surface area contributed by atoms with Gasteiger partial charge in [-0.3, -0.25) is 0 Å². The van der Waals surface area contributed by atoms with E-state index in [4.69, 9.17) is 4.42 Å². The van der Waals surface area contributed by atoms with Crippen molar-refractivity contribution in [1.29, 1.82) is 0 Å². The third kappa shape index (κ3) is 3.87. The van der Waals surface area contributed by atoms with Crippen LogP contribution in [0.2, 0.25) is 0 Å². The first-order valence-corrected chi connectivity index (χ1v) is 7.07. The molecule has 1 aromatic rings. The quantitative estimate of drug-likeness (QED) is 0.737. The lowest BCUT2D eigenvalue weighted by Crippen LogP contribution is -2.36. The van der Waals surface area contributed by atoms with Crippen LogP contribution < -0.4 is 5.32 Å². The predicted molar refractivity (Wildman–Crippen MR) is 71.1 cm³/mol. The van der Waals surface area contributed by atoms with Gasteiger partial charge in [0.1, 0.15) is 5.76 Å². The summed E-state index contributed by atoms with van der Waals surface area (Å²) in [6, 6.07) is 2.65. The Balaban J connectivity index is 2.46. The third-order valence-corrected chi connectivity index (χ3v) is 4.29. The minimum absolute atomic E-state index is 0.592. The normalized spacial score (nSPS) is 15.0. The van der Waals surface area contributed by atoms with Crippen molar-refractivity contribution in [2.45, 2.75) is 45.1 Å². The van der Waals surface area contributed by atoms with Gasteiger partial charge in [0.15, 0.2) is 0 Å². The molecule has 0 amide bonds. The van der Waals surface area contributed by atoms with Gasteiger partial charge in [0, 0.05) is 16.7 Å². The smallest absolute Gasteiger partial charge is 0.114 e. The van der Waals surface area contributed by atoms with Gasteiger partial charge in [0.25, 0.3) is 0 Å². The lowest BCUT2D eigenvalue weighted by molar-refractivity contribution is 0.404. The lowest BCUT2D eigenvalue weighted by Gasteiger charge is -2.23. The first kappa shape index (κ1) is 13.7. The van der Waals surface area contributed by atoms with Crippen LogP contribution in [0.5, 0.6) is 0 Å². The molecule has 0 fully saturated rings. The molecule has 0 radical (unpaired) electrons. The molecule has 2 nitrogen and oxygen atoms in total. The molecule has 2 unspecified atom stereocenters. The summed E-state index contributed by atoms with van der Waals surface area (Å²) in [4.78, 5) is 1.27. The molecule has 1 rings (SSSR count). The van der Waals surface area contributed by atoms with E-state index < -0.39 is 0 Å². The van der Waals surface area contributed by atoms with Crippen molar-refractivity contribution in [3.05, 3.63) is 18.1 Å². The SMILES string of the molecule is CCNC(CSc1ccoc1C)C(C)CC. The van der Waals surface area contributed by atoms with Crippen molar-refractivity contribution < 1.29 is 4.42 Å². The van der Waals surface area contributed by atoms with Crippen molar-refractivity contribution >= 4 is 11.8 Å². The summed E-state index contributed by atoms with van der Waals surface area (Å²) in [6.07, 6.45) is 2.99. The van der Waals surface area contributed by atoms with Gasteiger partial charge in [-0.1, -0.05) is 27.2 Å². The summed E-state index contributed by atoms with van der Waals surface area (Å²) in [5, 5.41) is 3.56. The maximum absolute atomic E-state index is 5.30. The van der Waals surface area contributed by atoms with Gasteiger partial charge in [0.05, 0.1) is 6.26 Å². The average Bonchev–Trinajstić information content (AvgIpc) is 2.69. The molecule has 0 aliphatic rings. The average molecular weight is 241 g/mol. The molecule has 0 aliphatic carbocycles. The van der Waals surface area contributed by atoms with Gasteiger partial charge in [0.2, 0.25) is 0 Å². The van der Waals surface area contributed by atoms with Crippen molar-refractivity contribution in [1.82, 2.24) is 5.32 Å². The summed E-state index contributed by atoms with van der Waals surface area (Å²) in [5.41, 5.74) is 0. The third-order valence-electron chi connectivity index (χ3n) is 3.03. The molecule has 3 heteroatoms. The van der Waals surface area contributed by atoms with Crippen molar-refractivity contribution in [2.75, 3.05) is 12.3 Å². The van der Waals surface area contributed by atoms with E-state index in [-0.39, 0.29) is 0 Å². The molecular weight excluding hydrogens is 218 g/mol. The number of furan rings is 1. The Morgan fingerprint density at radius 1 is 1.44 bits per heavy atom. The highest BCUT2D eigenvalue weighted by Gasteiger charge is 2.15. The van der Waals surface area contributed by atoms with Crippen molar-refractivity contribution in [3.63, 3.8) is 0 Å². The Kier molecular flexibility index (Phi) is 5.99. The van der Waals surface area contributed by atoms with E-state index in [1.54, 1.807) is 6.26 Å². The molecule has 2 atom stereocenters. The van der Waals surface area contributed by atoms with Crippen LogP contribution in [-0.4, -0.2) is 18.3 Å². The van der Waals surface area contributed by atoms with Crippen molar-refractivity contribution in [2.24, 2.45) is 5.92 Å². The van der Waals surface area contributed by atoms with E-state index >= 15 is 0 Å². The van der Waals surface area contributed by atoms with Gasteiger partial charge in [-0.05, 0) is 25.5 Å². The summed E-state index contributed by atoms with van der Waals surface area (Å²) < 4.78 is 5.30. The Morgan fingerprint density at radius 3 is 2.69 bits per heavy atom. The summed E-state index contributed by atoms with van der Waals surface area (Å²) in [6.45, 7) is 9.80. The van der Waals surface area contributed by atoms with Crippen LogP contribution in [0.3, 0.4) is 0 Å². The highest BCUT2D eigenvalue weighted by atomic mass is 32.2. The van der Waals surface area contributed by atoms with Crippen LogP contribution >= 0.6 is 11.8 Å². The van der Waals surface area contributed by atoms with Gasteiger partial charge in [-0.2, -0.15) is 0 Å². The fraction of sp³-hybridized carbons (Fsp3) is 0.692. The standard InChI is InChI=1S/C13H23NOS/c1-5-10(3)12(14-6-2)9-16-13-7-8-15-11(13)4/h7-8,10,12,14H,5-6,9H2,1-4H3.